The van der Waals surface area contributed by atoms with Crippen molar-refractivity contribution in [1.29, 1.82) is 0 Å². The lowest BCUT2D eigenvalue weighted by atomic mass is 10.00. The number of anilines is 1. The number of fused-ring (bicyclic) bond motifs is 1. The van der Waals surface area contributed by atoms with Crippen LogP contribution >= 0.6 is 0 Å². The van der Waals surface area contributed by atoms with Crippen LogP contribution in [0.25, 0.3) is 0 Å². The lowest BCUT2D eigenvalue weighted by Crippen LogP contribution is -2.25. The van der Waals surface area contributed by atoms with E-state index in [9.17, 15) is 9.59 Å². The number of hydrogen-bond acceptors (Lipinski definition) is 4. The van der Waals surface area contributed by atoms with Gasteiger partial charge in [0.15, 0.2) is 12.4 Å². The molecule has 0 aromatic heterocycles. The van der Waals surface area contributed by atoms with Crippen molar-refractivity contribution in [3.63, 3.8) is 0 Å². The van der Waals surface area contributed by atoms with Gasteiger partial charge in [-0.25, -0.2) is 0 Å². The minimum absolute atomic E-state index is 0.0271. The zero-order valence-corrected chi connectivity index (χ0v) is 11.9. The van der Waals surface area contributed by atoms with Crippen LogP contribution in [-0.2, 0) is 9.53 Å². The highest BCUT2D eigenvalue weighted by Gasteiger charge is 2.19. The molecule has 1 amide bonds. The third kappa shape index (κ3) is 3.42. The van der Waals surface area contributed by atoms with Crippen LogP contribution in [0.4, 0.5) is 5.69 Å². The van der Waals surface area contributed by atoms with Crippen molar-refractivity contribution in [2.75, 3.05) is 18.5 Å². The highest BCUT2D eigenvalue weighted by atomic mass is 16.5. The monoisotopic (exact) mass is 289 g/mol. The third-order valence-corrected chi connectivity index (χ3v) is 3.90. The highest BCUT2D eigenvalue weighted by Crippen LogP contribution is 2.29. The van der Waals surface area contributed by atoms with E-state index >= 15 is 0 Å². The fraction of sp³-hybridized carbons (Fsp3) is 0.500. The lowest BCUT2D eigenvalue weighted by Gasteiger charge is -2.22. The number of rotatable bonds is 4. The molecule has 5 nitrogen and oxygen atoms in total. The van der Waals surface area contributed by atoms with Crippen LogP contribution < -0.4 is 10.1 Å². The van der Waals surface area contributed by atoms with Gasteiger partial charge in [0.05, 0.1) is 11.8 Å². The largest absolute Gasteiger partial charge is 0.482 e. The van der Waals surface area contributed by atoms with E-state index in [1.807, 2.05) is 0 Å². The number of carbonyl (C=O) groups is 2. The van der Waals surface area contributed by atoms with Gasteiger partial charge in [0.2, 0.25) is 0 Å². The van der Waals surface area contributed by atoms with Crippen molar-refractivity contribution in [2.45, 2.75) is 38.2 Å². The maximum Gasteiger partial charge on any atom is 0.262 e. The maximum absolute atomic E-state index is 12.2. The van der Waals surface area contributed by atoms with Crippen LogP contribution in [0.2, 0.25) is 0 Å². The van der Waals surface area contributed by atoms with Gasteiger partial charge in [0, 0.05) is 18.6 Å². The number of benzene rings is 1. The number of hydrogen-bond donors (Lipinski definition) is 1. The molecular weight excluding hydrogens is 270 g/mol. The molecule has 21 heavy (non-hydrogen) atoms. The van der Waals surface area contributed by atoms with E-state index in [-0.39, 0.29) is 24.4 Å². The van der Waals surface area contributed by atoms with Gasteiger partial charge in [0.1, 0.15) is 5.75 Å². The van der Waals surface area contributed by atoms with E-state index in [1.165, 1.54) is 6.42 Å². The molecule has 1 saturated heterocycles. The van der Waals surface area contributed by atoms with E-state index in [2.05, 4.69) is 5.32 Å². The minimum atomic E-state index is -0.192. The van der Waals surface area contributed by atoms with E-state index in [4.69, 9.17) is 9.47 Å². The zero-order chi connectivity index (χ0) is 14.7. The number of ether oxygens (including phenoxy) is 2. The first-order chi connectivity index (χ1) is 10.2. The number of carbonyl (C=O) groups excluding carboxylic acids is 2. The molecule has 1 fully saturated rings. The van der Waals surface area contributed by atoms with Crippen LogP contribution in [0.1, 0.15) is 42.5 Å². The molecule has 112 valence electrons. The number of amides is 1. The fourth-order valence-electron chi connectivity index (χ4n) is 2.73. The molecule has 1 aromatic carbocycles. The van der Waals surface area contributed by atoms with Crippen LogP contribution in [-0.4, -0.2) is 31.0 Å². The molecule has 2 aliphatic heterocycles. The van der Waals surface area contributed by atoms with Gasteiger partial charge >= 0.3 is 0 Å². The summed E-state index contributed by atoms with van der Waals surface area (Å²) in [7, 11) is 0. The summed E-state index contributed by atoms with van der Waals surface area (Å²) >= 11 is 0. The maximum atomic E-state index is 12.2. The molecule has 0 aliphatic carbocycles. The van der Waals surface area contributed by atoms with Crippen LogP contribution in [0.15, 0.2) is 18.2 Å². The molecule has 2 heterocycles. The Morgan fingerprint density at radius 3 is 3.05 bits per heavy atom. The summed E-state index contributed by atoms with van der Waals surface area (Å²) in [5.74, 6) is 0.497. The first-order valence-corrected chi connectivity index (χ1v) is 7.44. The molecule has 1 N–H and O–H groups in total. The standard InChI is InChI=1S/C16H19NO4/c18-14(6-5-12-3-1-2-8-20-12)11-4-7-15-13(9-11)17-16(19)10-21-15/h4,7,9,12H,1-3,5-6,8,10H2,(H,17,19). The summed E-state index contributed by atoms with van der Waals surface area (Å²) in [6.45, 7) is 0.834. The van der Waals surface area contributed by atoms with Gasteiger partial charge in [-0.1, -0.05) is 0 Å². The molecule has 1 aromatic rings. The van der Waals surface area contributed by atoms with E-state index in [1.54, 1.807) is 18.2 Å². The predicted molar refractivity (Wildman–Crippen MR) is 77.7 cm³/mol. The summed E-state index contributed by atoms with van der Waals surface area (Å²) in [6.07, 6.45) is 4.79. The van der Waals surface area contributed by atoms with E-state index in [0.717, 1.165) is 25.9 Å². The number of Topliss-reactive ketones (excluding diaryl/α,β-unsaturated/α-hetero) is 1. The molecule has 0 spiro atoms. The molecule has 1 atom stereocenters. The lowest BCUT2D eigenvalue weighted by molar-refractivity contribution is -0.118. The van der Waals surface area contributed by atoms with Gasteiger partial charge in [0.25, 0.3) is 5.91 Å². The van der Waals surface area contributed by atoms with Gasteiger partial charge in [-0.05, 0) is 43.9 Å². The molecule has 2 aliphatic rings. The normalized spacial score (nSPS) is 21.1. The summed E-state index contributed by atoms with van der Waals surface area (Å²) < 4.78 is 10.9. The Kier molecular flexibility index (Phi) is 4.20. The van der Waals surface area contributed by atoms with Crippen molar-refractivity contribution < 1.29 is 19.1 Å². The quantitative estimate of drug-likeness (QED) is 0.865. The Balaban J connectivity index is 1.61. The Morgan fingerprint density at radius 1 is 1.33 bits per heavy atom. The van der Waals surface area contributed by atoms with Gasteiger partial charge < -0.3 is 14.8 Å². The number of nitrogens with one attached hydrogen (secondary N) is 1. The van der Waals surface area contributed by atoms with Crippen LogP contribution in [0.3, 0.4) is 0 Å². The Hall–Kier alpha value is -1.88. The van der Waals surface area contributed by atoms with Gasteiger partial charge in [-0.15, -0.1) is 0 Å². The first kappa shape index (κ1) is 14.1. The number of ketones is 1. The van der Waals surface area contributed by atoms with E-state index < -0.39 is 0 Å². The van der Waals surface area contributed by atoms with Crippen molar-refractivity contribution in [1.82, 2.24) is 0 Å². The van der Waals surface area contributed by atoms with Crippen molar-refractivity contribution in [2.24, 2.45) is 0 Å². The molecular formula is C16H19NO4. The summed E-state index contributed by atoms with van der Waals surface area (Å²) in [5.41, 5.74) is 1.18. The van der Waals surface area contributed by atoms with Crippen molar-refractivity contribution in [3.8, 4) is 5.75 Å². The molecule has 0 saturated carbocycles. The first-order valence-electron chi connectivity index (χ1n) is 7.44. The smallest absolute Gasteiger partial charge is 0.262 e. The second-order valence-electron chi connectivity index (χ2n) is 5.50. The van der Waals surface area contributed by atoms with Crippen LogP contribution in [0, 0.1) is 0 Å². The van der Waals surface area contributed by atoms with Crippen molar-refractivity contribution in [3.05, 3.63) is 23.8 Å². The average Bonchev–Trinajstić information content (AvgIpc) is 2.53. The summed E-state index contributed by atoms with van der Waals surface area (Å²) in [4.78, 5) is 23.5. The fourth-order valence-corrected chi connectivity index (χ4v) is 2.73. The van der Waals surface area contributed by atoms with E-state index in [0.29, 0.717) is 23.4 Å². The Bertz CT molecular complexity index is 549. The second kappa shape index (κ2) is 6.26. The summed E-state index contributed by atoms with van der Waals surface area (Å²) in [6, 6.07) is 5.18. The average molecular weight is 289 g/mol. The minimum Gasteiger partial charge on any atom is -0.482 e. The highest BCUT2D eigenvalue weighted by molar-refractivity contribution is 6.00. The molecule has 0 radical (unpaired) electrons. The molecule has 5 heteroatoms. The van der Waals surface area contributed by atoms with Gasteiger partial charge in [-0.2, -0.15) is 0 Å². The molecule has 1 unspecified atom stereocenters. The topological polar surface area (TPSA) is 64.6 Å². The second-order valence-corrected chi connectivity index (χ2v) is 5.50. The molecule has 0 bridgehead atoms. The third-order valence-electron chi connectivity index (χ3n) is 3.90. The van der Waals surface area contributed by atoms with Crippen molar-refractivity contribution >= 4 is 17.4 Å². The SMILES string of the molecule is O=C1COc2ccc(C(=O)CCC3CCCCO3)cc2N1. The summed E-state index contributed by atoms with van der Waals surface area (Å²) in [5, 5.41) is 2.72. The van der Waals surface area contributed by atoms with Crippen LogP contribution in [0.5, 0.6) is 5.75 Å². The Labute approximate surface area is 123 Å². The Morgan fingerprint density at radius 2 is 2.24 bits per heavy atom. The van der Waals surface area contributed by atoms with Gasteiger partial charge in [-0.3, -0.25) is 9.59 Å². The zero-order valence-electron chi connectivity index (χ0n) is 11.9. The predicted octanol–water partition coefficient (Wildman–Crippen LogP) is 2.55. The molecule has 3 rings (SSSR count).